The van der Waals surface area contributed by atoms with Gasteiger partial charge in [-0.05, 0) is 32.2 Å². The number of rotatable bonds is 6. The minimum Gasteiger partial charge on any atom is -0.368 e. The number of nitrogens with zero attached hydrogens (tertiary/aromatic N) is 1. The van der Waals surface area contributed by atoms with Crippen molar-refractivity contribution in [1.82, 2.24) is 10.2 Å². The molecule has 0 aromatic carbocycles. The van der Waals surface area contributed by atoms with Crippen molar-refractivity contribution >= 4 is 17.7 Å². The highest BCUT2D eigenvalue weighted by atomic mass is 16.2. The van der Waals surface area contributed by atoms with Gasteiger partial charge in [0, 0.05) is 6.54 Å². The Labute approximate surface area is 119 Å². The van der Waals surface area contributed by atoms with Crippen molar-refractivity contribution in [2.75, 3.05) is 13.6 Å². The van der Waals surface area contributed by atoms with Crippen LogP contribution in [-0.4, -0.2) is 41.8 Å². The van der Waals surface area contributed by atoms with Gasteiger partial charge in [0.1, 0.15) is 0 Å². The number of nitrogens with two attached hydrogens (primary N) is 1. The zero-order valence-corrected chi connectivity index (χ0v) is 12.5. The Balaban J connectivity index is 1.90. The summed E-state index contributed by atoms with van der Waals surface area (Å²) in [5, 5.41) is 2.89. The number of amides is 3. The Morgan fingerprint density at radius 1 is 1.35 bits per heavy atom. The van der Waals surface area contributed by atoms with Crippen LogP contribution in [0.3, 0.4) is 0 Å². The maximum Gasteiger partial charge on any atom is 0.237 e. The molecule has 1 aliphatic carbocycles. The third kappa shape index (κ3) is 2.02. The van der Waals surface area contributed by atoms with Crippen molar-refractivity contribution in [2.45, 2.75) is 39.2 Å². The fraction of sp³-hybridized carbons (Fsp3) is 0.786. The summed E-state index contributed by atoms with van der Waals surface area (Å²) in [7, 11) is 1.68. The second-order valence-electron chi connectivity index (χ2n) is 6.65. The lowest BCUT2D eigenvalue weighted by molar-refractivity contribution is -0.143. The molecule has 0 radical (unpaired) electrons. The van der Waals surface area contributed by atoms with Gasteiger partial charge >= 0.3 is 0 Å². The first-order valence-corrected chi connectivity index (χ1v) is 7.01. The van der Waals surface area contributed by atoms with Crippen LogP contribution in [0, 0.1) is 17.3 Å². The van der Waals surface area contributed by atoms with Crippen LogP contribution in [0.2, 0.25) is 0 Å². The maximum absolute atomic E-state index is 12.1. The largest absolute Gasteiger partial charge is 0.368 e. The predicted octanol–water partition coefficient (Wildman–Crippen LogP) is -0.129. The highest BCUT2D eigenvalue weighted by Gasteiger charge is 2.72. The molecule has 2 rings (SSSR count). The summed E-state index contributed by atoms with van der Waals surface area (Å²) >= 11 is 0. The zero-order valence-electron chi connectivity index (χ0n) is 12.5. The quantitative estimate of drug-likeness (QED) is 0.663. The fourth-order valence-electron chi connectivity index (χ4n) is 3.19. The molecule has 3 N–H and O–H groups in total. The van der Waals surface area contributed by atoms with E-state index in [-0.39, 0.29) is 29.1 Å². The second kappa shape index (κ2) is 4.55. The first kappa shape index (κ1) is 15.0. The minimum atomic E-state index is -0.798. The van der Waals surface area contributed by atoms with Crippen LogP contribution in [0.25, 0.3) is 0 Å². The van der Waals surface area contributed by atoms with E-state index in [9.17, 15) is 14.4 Å². The van der Waals surface area contributed by atoms with Gasteiger partial charge in [-0.2, -0.15) is 0 Å². The van der Waals surface area contributed by atoms with Crippen LogP contribution in [-0.2, 0) is 14.4 Å². The number of carbonyl (C=O) groups is 3. The number of primary amides is 1. The lowest BCUT2D eigenvalue weighted by Gasteiger charge is -2.27. The van der Waals surface area contributed by atoms with Crippen LogP contribution in [0.5, 0.6) is 0 Å². The number of piperidine rings is 1. The van der Waals surface area contributed by atoms with Crippen LogP contribution < -0.4 is 11.1 Å². The number of likely N-dealkylation sites (N-methyl/N-ethyl adjacent to an activating group) is 1. The van der Waals surface area contributed by atoms with Crippen LogP contribution in [0.15, 0.2) is 0 Å². The topological polar surface area (TPSA) is 92.5 Å². The van der Waals surface area contributed by atoms with Gasteiger partial charge in [0.15, 0.2) is 0 Å². The highest BCUT2D eigenvalue weighted by Crippen LogP contribution is 2.63. The number of hydrogen-bond donors (Lipinski definition) is 2. The second-order valence-corrected chi connectivity index (χ2v) is 6.65. The third-order valence-electron chi connectivity index (χ3n) is 5.05. The fourth-order valence-corrected chi connectivity index (χ4v) is 3.19. The Kier molecular flexibility index (Phi) is 3.40. The zero-order chi connectivity index (χ0) is 15.3. The van der Waals surface area contributed by atoms with Gasteiger partial charge in [-0.1, -0.05) is 13.8 Å². The summed E-state index contributed by atoms with van der Waals surface area (Å²) in [6.45, 7) is 6.01. The number of hydrogen-bond acceptors (Lipinski definition) is 4. The van der Waals surface area contributed by atoms with Gasteiger partial charge in [-0.15, -0.1) is 0 Å². The molecule has 6 heteroatoms. The van der Waals surface area contributed by atoms with Crippen molar-refractivity contribution in [3.05, 3.63) is 0 Å². The highest BCUT2D eigenvalue weighted by molar-refractivity contribution is 6.10. The molecular weight excluding hydrogens is 258 g/mol. The molecule has 3 atom stereocenters. The Morgan fingerprint density at radius 3 is 2.25 bits per heavy atom. The standard InChI is InChI=1S/C14H23N3O3/c1-13(2)8-9(13)11(19)17(10(8)18)7-5-6-14(3,16-4)12(15)20/h8-9,16H,5-7H2,1-4H3,(H2,15,20). The molecule has 0 bridgehead atoms. The summed E-state index contributed by atoms with van der Waals surface area (Å²) in [6, 6.07) is 0. The molecule has 1 aliphatic heterocycles. The molecule has 3 amide bonds. The minimum absolute atomic E-state index is 0.0600. The molecule has 0 spiro atoms. The number of fused-ring (bicyclic) bond motifs is 1. The Morgan fingerprint density at radius 2 is 1.85 bits per heavy atom. The molecule has 1 saturated heterocycles. The van der Waals surface area contributed by atoms with Crippen molar-refractivity contribution in [1.29, 1.82) is 0 Å². The SMILES string of the molecule is CNC(C)(CCCN1C(=O)C2C(C1=O)C2(C)C)C(N)=O. The Bertz CT molecular complexity index is 450. The molecule has 112 valence electrons. The summed E-state index contributed by atoms with van der Waals surface area (Å²) < 4.78 is 0. The third-order valence-corrected chi connectivity index (χ3v) is 5.05. The molecule has 0 aromatic rings. The van der Waals surface area contributed by atoms with E-state index in [0.717, 1.165) is 0 Å². The van der Waals surface area contributed by atoms with Crippen LogP contribution in [0.4, 0.5) is 0 Å². The van der Waals surface area contributed by atoms with E-state index >= 15 is 0 Å². The van der Waals surface area contributed by atoms with E-state index < -0.39 is 11.4 Å². The van der Waals surface area contributed by atoms with E-state index in [2.05, 4.69) is 5.32 Å². The van der Waals surface area contributed by atoms with Gasteiger partial charge in [-0.3, -0.25) is 19.3 Å². The lowest BCUT2D eigenvalue weighted by Crippen LogP contribution is -2.51. The van der Waals surface area contributed by atoms with Crippen molar-refractivity contribution in [2.24, 2.45) is 23.0 Å². The summed E-state index contributed by atoms with van der Waals surface area (Å²) in [5.41, 5.74) is 4.38. The van der Waals surface area contributed by atoms with Crippen molar-refractivity contribution in [3.8, 4) is 0 Å². The van der Waals surface area contributed by atoms with Gasteiger partial charge < -0.3 is 11.1 Å². The predicted molar refractivity (Wildman–Crippen MR) is 73.4 cm³/mol. The van der Waals surface area contributed by atoms with Crippen LogP contribution >= 0.6 is 0 Å². The van der Waals surface area contributed by atoms with E-state index in [4.69, 9.17) is 5.73 Å². The van der Waals surface area contributed by atoms with Gasteiger partial charge in [0.25, 0.3) is 0 Å². The molecule has 1 saturated carbocycles. The van der Waals surface area contributed by atoms with Crippen molar-refractivity contribution in [3.63, 3.8) is 0 Å². The molecule has 3 unspecified atom stereocenters. The monoisotopic (exact) mass is 281 g/mol. The van der Waals surface area contributed by atoms with E-state index in [1.165, 1.54) is 4.90 Å². The van der Waals surface area contributed by atoms with E-state index in [1.54, 1.807) is 14.0 Å². The van der Waals surface area contributed by atoms with E-state index in [1.807, 2.05) is 13.8 Å². The Hall–Kier alpha value is -1.43. The van der Waals surface area contributed by atoms with E-state index in [0.29, 0.717) is 19.4 Å². The molecule has 6 nitrogen and oxygen atoms in total. The van der Waals surface area contributed by atoms with Crippen molar-refractivity contribution < 1.29 is 14.4 Å². The summed E-state index contributed by atoms with van der Waals surface area (Å²) in [4.78, 5) is 37.0. The van der Waals surface area contributed by atoms with Gasteiger partial charge in [-0.25, -0.2) is 0 Å². The molecule has 0 aromatic heterocycles. The number of carbonyl (C=O) groups excluding carboxylic acids is 3. The molecule has 2 fully saturated rings. The molecular formula is C14H23N3O3. The maximum atomic E-state index is 12.1. The first-order chi connectivity index (χ1) is 9.16. The average Bonchev–Trinajstić information content (AvgIpc) is 2.84. The van der Waals surface area contributed by atoms with Crippen LogP contribution in [0.1, 0.15) is 33.6 Å². The number of nitrogens with one attached hydrogen (secondary N) is 1. The van der Waals surface area contributed by atoms with Gasteiger partial charge in [0.2, 0.25) is 17.7 Å². The summed E-state index contributed by atoms with van der Waals surface area (Å²) in [6.07, 6.45) is 1.06. The normalized spacial score (nSPS) is 30.1. The summed E-state index contributed by atoms with van der Waals surface area (Å²) in [5.74, 6) is -0.822. The first-order valence-electron chi connectivity index (χ1n) is 7.01. The smallest absolute Gasteiger partial charge is 0.237 e. The molecule has 2 aliphatic rings. The number of likely N-dealkylation sites (tertiary alicyclic amines) is 1. The number of imide groups is 1. The van der Waals surface area contributed by atoms with Gasteiger partial charge in [0.05, 0.1) is 17.4 Å². The lowest BCUT2D eigenvalue weighted by atomic mass is 9.95. The average molecular weight is 281 g/mol. The molecule has 1 heterocycles. The molecule has 20 heavy (non-hydrogen) atoms.